The first-order valence-electron chi connectivity index (χ1n) is 4.26. The molecule has 2 heterocycles. The van der Waals surface area contributed by atoms with Crippen LogP contribution in [0, 0.1) is 11.3 Å². The van der Waals surface area contributed by atoms with Crippen LogP contribution in [0.1, 0.15) is 6.42 Å². The molecule has 1 fully saturated rings. The first-order chi connectivity index (χ1) is 6.72. The van der Waals surface area contributed by atoms with Crippen LogP contribution in [-0.4, -0.2) is 23.1 Å². The van der Waals surface area contributed by atoms with E-state index < -0.39 is 5.91 Å². The predicted octanol–water partition coefficient (Wildman–Crippen LogP) is 0.543. The molecule has 1 amide bonds. The second-order valence-electron chi connectivity index (χ2n) is 3.12. The van der Waals surface area contributed by atoms with Crippen LogP contribution in [-0.2, 0) is 4.79 Å². The van der Waals surface area contributed by atoms with Gasteiger partial charge in [0.15, 0.2) is 0 Å². The van der Waals surface area contributed by atoms with Crippen LogP contribution in [0.4, 0.5) is 0 Å². The molecule has 0 unspecified atom stereocenters. The van der Waals surface area contributed by atoms with E-state index in [4.69, 9.17) is 11.0 Å². The molecule has 2 N–H and O–H groups in total. The van der Waals surface area contributed by atoms with E-state index in [0.717, 1.165) is 35.0 Å². The van der Waals surface area contributed by atoms with Crippen molar-refractivity contribution in [1.29, 1.82) is 5.26 Å². The van der Waals surface area contributed by atoms with Gasteiger partial charge in [-0.15, -0.1) is 11.8 Å². The molecular weight excluding hydrogens is 198 g/mol. The summed E-state index contributed by atoms with van der Waals surface area (Å²) in [6.45, 7) is 0.796. The van der Waals surface area contributed by atoms with Gasteiger partial charge in [0.1, 0.15) is 0 Å². The zero-order chi connectivity index (χ0) is 10.1. The summed E-state index contributed by atoms with van der Waals surface area (Å²) in [6.07, 6.45) is 2.22. The summed E-state index contributed by atoms with van der Waals surface area (Å²) in [5.41, 5.74) is 6.83. The first-order valence-corrected chi connectivity index (χ1v) is 5.24. The lowest BCUT2D eigenvalue weighted by Gasteiger charge is -2.13. The molecular formula is C9H9N3OS. The monoisotopic (exact) mass is 207 g/mol. The van der Waals surface area contributed by atoms with Gasteiger partial charge in [0.2, 0.25) is 5.91 Å². The van der Waals surface area contributed by atoms with Crippen molar-refractivity contribution >= 4 is 17.7 Å². The lowest BCUT2D eigenvalue weighted by Crippen LogP contribution is -2.16. The fraction of sp³-hybridized carbons (Fsp3) is 0.333. The summed E-state index contributed by atoms with van der Waals surface area (Å²) in [5, 5.41) is 9.82. The molecule has 0 aromatic heterocycles. The van der Waals surface area contributed by atoms with E-state index in [0.29, 0.717) is 0 Å². The van der Waals surface area contributed by atoms with Crippen molar-refractivity contribution in [3.63, 3.8) is 0 Å². The number of fused-ring (bicyclic) bond motifs is 1. The average molecular weight is 207 g/mol. The van der Waals surface area contributed by atoms with Crippen LogP contribution in [0.5, 0.6) is 0 Å². The molecule has 14 heavy (non-hydrogen) atoms. The van der Waals surface area contributed by atoms with Crippen LogP contribution in [0.25, 0.3) is 0 Å². The maximum atomic E-state index is 10.7. The minimum atomic E-state index is -0.424. The zero-order valence-corrected chi connectivity index (χ0v) is 8.30. The molecule has 0 saturated carbocycles. The Bertz CT molecular complexity index is 391. The fourth-order valence-corrected chi connectivity index (χ4v) is 2.85. The zero-order valence-electron chi connectivity index (χ0n) is 7.49. The van der Waals surface area contributed by atoms with E-state index >= 15 is 0 Å². The van der Waals surface area contributed by atoms with Crippen molar-refractivity contribution in [2.24, 2.45) is 5.73 Å². The van der Waals surface area contributed by atoms with Crippen molar-refractivity contribution in [3.8, 4) is 6.07 Å². The minimum Gasteiger partial charge on any atom is -0.366 e. The Kier molecular flexibility index (Phi) is 2.22. The van der Waals surface area contributed by atoms with Crippen LogP contribution in [0.15, 0.2) is 22.4 Å². The van der Waals surface area contributed by atoms with Crippen molar-refractivity contribution in [3.05, 3.63) is 22.4 Å². The third-order valence-electron chi connectivity index (χ3n) is 2.24. The summed E-state index contributed by atoms with van der Waals surface area (Å²) in [6, 6.07) is 2.18. The standard InChI is InChI=1S/C9H9N3OS/c10-4-6-1-2-12-7(3-8(11)13)5-14-9(6)12/h3H,1-2,5H2,(H2,11,13). The van der Waals surface area contributed by atoms with Gasteiger partial charge in [0, 0.05) is 30.5 Å². The van der Waals surface area contributed by atoms with Gasteiger partial charge in [0.25, 0.3) is 0 Å². The lowest BCUT2D eigenvalue weighted by molar-refractivity contribution is -0.113. The quantitative estimate of drug-likeness (QED) is 0.637. The van der Waals surface area contributed by atoms with E-state index in [9.17, 15) is 4.79 Å². The number of hydrogen-bond acceptors (Lipinski definition) is 4. The third-order valence-corrected chi connectivity index (χ3v) is 3.42. The molecule has 0 aromatic rings. The molecule has 4 nitrogen and oxygen atoms in total. The minimum absolute atomic E-state index is 0.424. The predicted molar refractivity (Wildman–Crippen MR) is 53.7 cm³/mol. The molecule has 0 radical (unpaired) electrons. The number of nitriles is 1. The first kappa shape index (κ1) is 9.16. The number of amides is 1. The summed E-state index contributed by atoms with van der Waals surface area (Å²) < 4.78 is 0. The molecule has 72 valence electrons. The summed E-state index contributed by atoms with van der Waals surface area (Å²) in [5.74, 6) is 0.316. The van der Waals surface area contributed by atoms with E-state index in [1.807, 2.05) is 4.90 Å². The van der Waals surface area contributed by atoms with Gasteiger partial charge in [0.05, 0.1) is 16.7 Å². The molecule has 2 aliphatic rings. The van der Waals surface area contributed by atoms with Crippen LogP contribution in [0.3, 0.4) is 0 Å². The Morgan fingerprint density at radius 2 is 2.50 bits per heavy atom. The Labute approximate surface area is 86.0 Å². The van der Waals surface area contributed by atoms with Crippen LogP contribution in [0.2, 0.25) is 0 Å². The molecule has 2 rings (SSSR count). The molecule has 0 spiro atoms. The van der Waals surface area contributed by atoms with Gasteiger partial charge in [-0.2, -0.15) is 5.26 Å². The third kappa shape index (κ3) is 1.38. The highest BCUT2D eigenvalue weighted by molar-refractivity contribution is 8.03. The second kappa shape index (κ2) is 3.39. The Morgan fingerprint density at radius 3 is 3.14 bits per heavy atom. The fourth-order valence-electron chi connectivity index (χ4n) is 1.64. The maximum absolute atomic E-state index is 10.7. The van der Waals surface area contributed by atoms with Gasteiger partial charge in [-0.05, 0) is 0 Å². The van der Waals surface area contributed by atoms with E-state index in [1.54, 1.807) is 11.8 Å². The topological polar surface area (TPSA) is 70.1 Å². The van der Waals surface area contributed by atoms with Crippen LogP contribution < -0.4 is 5.73 Å². The molecule has 0 aromatic carbocycles. The van der Waals surface area contributed by atoms with Gasteiger partial charge >= 0.3 is 0 Å². The number of primary amides is 1. The van der Waals surface area contributed by atoms with Crippen molar-refractivity contribution in [2.75, 3.05) is 12.3 Å². The second-order valence-corrected chi connectivity index (χ2v) is 4.09. The average Bonchev–Trinajstić information content (AvgIpc) is 2.67. The van der Waals surface area contributed by atoms with Crippen molar-refractivity contribution < 1.29 is 4.79 Å². The molecule has 0 atom stereocenters. The summed E-state index contributed by atoms with van der Waals surface area (Å²) >= 11 is 1.60. The van der Waals surface area contributed by atoms with Gasteiger partial charge < -0.3 is 10.6 Å². The smallest absolute Gasteiger partial charge is 0.243 e. The number of carbonyl (C=O) groups excluding carboxylic acids is 1. The SMILES string of the molecule is N#CC1=C2SCC(=CC(N)=O)N2CC1. The van der Waals surface area contributed by atoms with Crippen LogP contribution >= 0.6 is 11.8 Å². The Morgan fingerprint density at radius 1 is 1.71 bits per heavy atom. The van der Waals surface area contributed by atoms with Gasteiger partial charge in [-0.25, -0.2) is 0 Å². The maximum Gasteiger partial charge on any atom is 0.243 e. The number of hydrogen-bond donors (Lipinski definition) is 1. The number of rotatable bonds is 1. The van der Waals surface area contributed by atoms with E-state index in [2.05, 4.69) is 6.07 Å². The highest BCUT2D eigenvalue weighted by Crippen LogP contribution is 2.41. The van der Waals surface area contributed by atoms with Crippen molar-refractivity contribution in [2.45, 2.75) is 6.42 Å². The summed E-state index contributed by atoms with van der Waals surface area (Å²) in [7, 11) is 0. The lowest BCUT2D eigenvalue weighted by atomic mass is 10.3. The molecule has 0 aliphatic carbocycles. The highest BCUT2D eigenvalue weighted by atomic mass is 32.2. The molecule has 2 aliphatic heterocycles. The molecule has 5 heteroatoms. The highest BCUT2D eigenvalue weighted by Gasteiger charge is 2.31. The van der Waals surface area contributed by atoms with Gasteiger partial charge in [-0.1, -0.05) is 0 Å². The Hall–Kier alpha value is -1.41. The van der Waals surface area contributed by atoms with Crippen molar-refractivity contribution in [1.82, 2.24) is 4.90 Å². The largest absolute Gasteiger partial charge is 0.366 e. The number of carbonyl (C=O) groups is 1. The van der Waals surface area contributed by atoms with E-state index in [1.165, 1.54) is 6.08 Å². The number of nitrogens with two attached hydrogens (primary N) is 1. The summed E-state index contributed by atoms with van der Waals surface area (Å²) in [4.78, 5) is 12.7. The molecule has 0 bridgehead atoms. The Balaban J connectivity index is 2.30. The van der Waals surface area contributed by atoms with Gasteiger partial charge in [-0.3, -0.25) is 4.79 Å². The molecule has 1 saturated heterocycles. The normalized spacial score (nSPS) is 22.8. The number of nitrogens with zero attached hydrogens (tertiary/aromatic N) is 2. The number of thioether (sulfide) groups is 1. The van der Waals surface area contributed by atoms with E-state index in [-0.39, 0.29) is 0 Å².